The second-order valence-corrected chi connectivity index (χ2v) is 3.52. The SMILES string of the molecule is O=C1CCCC(=O)OB([C@@H]2O[C@H]2CO)O1. The van der Waals surface area contributed by atoms with E-state index in [1.54, 1.807) is 0 Å². The van der Waals surface area contributed by atoms with Crippen LogP contribution < -0.4 is 0 Å². The van der Waals surface area contributed by atoms with Crippen LogP contribution >= 0.6 is 0 Å². The molecule has 0 amide bonds. The van der Waals surface area contributed by atoms with Crippen LogP contribution in [0.5, 0.6) is 0 Å². The summed E-state index contributed by atoms with van der Waals surface area (Å²) < 4.78 is 14.8. The molecule has 2 rings (SSSR count). The fourth-order valence-corrected chi connectivity index (χ4v) is 1.46. The van der Waals surface area contributed by atoms with Crippen molar-refractivity contribution in [2.24, 2.45) is 0 Å². The number of rotatable bonds is 2. The quantitative estimate of drug-likeness (QED) is 0.470. The van der Waals surface area contributed by atoms with E-state index in [-0.39, 0.29) is 19.4 Å². The number of hydrogen-bond donors (Lipinski definition) is 1. The minimum absolute atomic E-state index is 0.170. The first-order valence-electron chi connectivity index (χ1n) is 4.86. The molecule has 0 bridgehead atoms. The molecule has 82 valence electrons. The van der Waals surface area contributed by atoms with E-state index in [1.807, 2.05) is 0 Å². The van der Waals surface area contributed by atoms with Gasteiger partial charge in [-0.25, -0.2) is 0 Å². The molecule has 0 radical (unpaired) electrons. The molecule has 0 aromatic rings. The van der Waals surface area contributed by atoms with Gasteiger partial charge in [0, 0.05) is 12.8 Å². The number of aliphatic hydroxyl groups is 1. The summed E-state index contributed by atoms with van der Waals surface area (Å²) in [5.41, 5.74) is 0. The molecular formula is C8H11BO6. The number of epoxide rings is 1. The average molecular weight is 214 g/mol. The lowest BCUT2D eigenvalue weighted by atomic mass is 9.81. The van der Waals surface area contributed by atoms with E-state index < -0.39 is 31.2 Å². The molecule has 0 aromatic heterocycles. The molecule has 2 heterocycles. The number of carbonyl (C=O) groups excluding carboxylic acids is 2. The molecule has 2 saturated heterocycles. The van der Waals surface area contributed by atoms with Crippen molar-refractivity contribution in [1.82, 2.24) is 0 Å². The molecular weight excluding hydrogens is 203 g/mol. The van der Waals surface area contributed by atoms with Gasteiger partial charge in [0.05, 0.1) is 6.61 Å². The second kappa shape index (κ2) is 4.20. The van der Waals surface area contributed by atoms with Crippen molar-refractivity contribution < 1.29 is 28.7 Å². The van der Waals surface area contributed by atoms with Crippen molar-refractivity contribution in [3.8, 4) is 0 Å². The molecule has 0 spiro atoms. The largest absolute Gasteiger partial charge is 0.632 e. The summed E-state index contributed by atoms with van der Waals surface area (Å²) in [5.74, 6) is -0.806. The van der Waals surface area contributed by atoms with Crippen molar-refractivity contribution in [3.05, 3.63) is 0 Å². The smallest absolute Gasteiger partial charge is 0.497 e. The third-order valence-corrected chi connectivity index (χ3v) is 2.33. The van der Waals surface area contributed by atoms with Crippen molar-refractivity contribution >= 4 is 19.1 Å². The lowest BCUT2D eigenvalue weighted by Gasteiger charge is -2.15. The molecule has 7 heteroatoms. The van der Waals surface area contributed by atoms with Crippen LogP contribution in [-0.4, -0.2) is 42.9 Å². The Morgan fingerprint density at radius 1 is 1.27 bits per heavy atom. The highest BCUT2D eigenvalue weighted by molar-refractivity contribution is 6.51. The minimum atomic E-state index is -0.998. The topological polar surface area (TPSA) is 85.4 Å². The van der Waals surface area contributed by atoms with Gasteiger partial charge in [0.2, 0.25) is 0 Å². The molecule has 0 unspecified atom stereocenters. The molecule has 0 aromatic carbocycles. The Morgan fingerprint density at radius 2 is 1.87 bits per heavy atom. The van der Waals surface area contributed by atoms with E-state index in [1.165, 1.54) is 0 Å². The lowest BCUT2D eigenvalue weighted by Crippen LogP contribution is -2.37. The fraction of sp³-hybridized carbons (Fsp3) is 0.750. The normalized spacial score (nSPS) is 31.4. The van der Waals surface area contributed by atoms with E-state index in [0.717, 1.165) is 0 Å². The Morgan fingerprint density at radius 3 is 2.33 bits per heavy atom. The van der Waals surface area contributed by atoms with Gasteiger partial charge in [-0.15, -0.1) is 0 Å². The summed E-state index contributed by atoms with van der Waals surface area (Å²) in [5, 5.41) is 8.76. The zero-order valence-corrected chi connectivity index (χ0v) is 8.05. The molecule has 0 saturated carbocycles. The molecule has 6 nitrogen and oxygen atoms in total. The number of aliphatic hydroxyl groups excluding tert-OH is 1. The number of hydrogen-bond acceptors (Lipinski definition) is 6. The van der Waals surface area contributed by atoms with Gasteiger partial charge in [-0.2, -0.15) is 0 Å². The van der Waals surface area contributed by atoms with Gasteiger partial charge in [-0.05, 0) is 6.42 Å². The van der Waals surface area contributed by atoms with Gasteiger partial charge in [-0.3, -0.25) is 9.59 Å². The third kappa shape index (κ3) is 2.48. The molecule has 2 fully saturated rings. The first-order chi connectivity index (χ1) is 7.20. The predicted octanol–water partition coefficient (Wildman–Crippen LogP) is -0.956. The Balaban J connectivity index is 1.95. The van der Waals surface area contributed by atoms with Crippen LogP contribution in [0.4, 0.5) is 0 Å². The molecule has 2 atom stereocenters. The predicted molar refractivity (Wildman–Crippen MR) is 47.5 cm³/mol. The Kier molecular flexibility index (Phi) is 2.92. The lowest BCUT2D eigenvalue weighted by molar-refractivity contribution is -0.143. The van der Waals surface area contributed by atoms with E-state index in [0.29, 0.717) is 6.42 Å². The van der Waals surface area contributed by atoms with Crippen molar-refractivity contribution in [1.29, 1.82) is 0 Å². The van der Waals surface area contributed by atoms with Crippen LogP contribution in [-0.2, 0) is 23.6 Å². The minimum Gasteiger partial charge on any atom is -0.497 e. The summed E-state index contributed by atoms with van der Waals surface area (Å²) in [6, 6.07) is -0.513. The van der Waals surface area contributed by atoms with Gasteiger partial charge >= 0.3 is 7.12 Å². The first kappa shape index (κ1) is 10.4. The van der Waals surface area contributed by atoms with Crippen LogP contribution in [0.2, 0.25) is 0 Å². The summed E-state index contributed by atoms with van der Waals surface area (Å²) in [4.78, 5) is 22.3. The Bertz CT molecular complexity index is 262. The average Bonchev–Trinajstić information content (AvgIpc) is 2.93. The number of ether oxygens (including phenoxy) is 1. The van der Waals surface area contributed by atoms with Crippen LogP contribution in [0.25, 0.3) is 0 Å². The maximum Gasteiger partial charge on any atom is 0.632 e. The highest BCUT2D eigenvalue weighted by Crippen LogP contribution is 2.26. The molecule has 2 aliphatic rings. The highest BCUT2D eigenvalue weighted by Gasteiger charge is 2.55. The van der Waals surface area contributed by atoms with Crippen molar-refractivity contribution in [3.63, 3.8) is 0 Å². The second-order valence-electron chi connectivity index (χ2n) is 3.52. The van der Waals surface area contributed by atoms with Crippen LogP contribution in [0.3, 0.4) is 0 Å². The zero-order valence-electron chi connectivity index (χ0n) is 8.05. The summed E-state index contributed by atoms with van der Waals surface area (Å²) in [6.45, 7) is -0.170. The third-order valence-electron chi connectivity index (χ3n) is 2.33. The maximum atomic E-state index is 11.1. The van der Waals surface area contributed by atoms with Gasteiger partial charge in [0.25, 0.3) is 11.9 Å². The van der Waals surface area contributed by atoms with Gasteiger partial charge < -0.3 is 19.2 Å². The summed E-state index contributed by atoms with van der Waals surface area (Å²) in [6.07, 6.45) is 0.471. The Labute approximate surface area is 86.6 Å². The van der Waals surface area contributed by atoms with E-state index in [9.17, 15) is 9.59 Å². The van der Waals surface area contributed by atoms with E-state index in [2.05, 4.69) is 0 Å². The van der Waals surface area contributed by atoms with Crippen molar-refractivity contribution in [2.45, 2.75) is 31.4 Å². The van der Waals surface area contributed by atoms with Gasteiger partial charge in [-0.1, -0.05) is 0 Å². The van der Waals surface area contributed by atoms with Crippen LogP contribution in [0.15, 0.2) is 0 Å². The zero-order chi connectivity index (χ0) is 10.8. The maximum absolute atomic E-state index is 11.1. The van der Waals surface area contributed by atoms with E-state index in [4.69, 9.17) is 19.2 Å². The molecule has 2 aliphatic heterocycles. The summed E-state index contributed by atoms with van der Waals surface area (Å²) >= 11 is 0. The fourth-order valence-electron chi connectivity index (χ4n) is 1.46. The molecule has 15 heavy (non-hydrogen) atoms. The van der Waals surface area contributed by atoms with Crippen LogP contribution in [0, 0.1) is 0 Å². The summed E-state index contributed by atoms with van der Waals surface area (Å²) in [7, 11) is -0.998. The van der Waals surface area contributed by atoms with Gasteiger partial charge in [0.15, 0.2) is 0 Å². The standard InChI is InChI=1S/C8H11BO6/c10-4-5-8(13-5)9-14-6(11)2-1-3-7(12)15-9/h5,8,10H,1-4H2/t5-,8+/m0/s1. The Hall–Kier alpha value is -1.08. The molecule has 1 N–H and O–H groups in total. The van der Waals surface area contributed by atoms with Crippen LogP contribution in [0.1, 0.15) is 19.3 Å². The first-order valence-corrected chi connectivity index (χ1v) is 4.86. The monoisotopic (exact) mass is 214 g/mol. The van der Waals surface area contributed by atoms with E-state index >= 15 is 0 Å². The highest BCUT2D eigenvalue weighted by atomic mass is 16.7. The molecule has 0 aliphatic carbocycles. The van der Waals surface area contributed by atoms with Crippen molar-refractivity contribution in [2.75, 3.05) is 6.61 Å². The van der Waals surface area contributed by atoms with Gasteiger partial charge in [0.1, 0.15) is 12.1 Å². The number of carbonyl (C=O) groups is 2.